The average molecular weight is 406 g/mol. The van der Waals surface area contributed by atoms with Crippen molar-refractivity contribution in [3.8, 4) is 0 Å². The number of amidine groups is 1. The second kappa shape index (κ2) is 9.10. The quantitative estimate of drug-likeness (QED) is 0.634. The van der Waals surface area contributed by atoms with Crippen LogP contribution in [0.5, 0.6) is 0 Å². The van der Waals surface area contributed by atoms with Crippen molar-refractivity contribution < 1.29 is 47.3 Å². The molecule has 0 saturated heterocycles. The number of hydrogen-bond donors (Lipinski definition) is 2. The molecule has 1 aromatic rings. The monoisotopic (exact) mass is 406 g/mol. The van der Waals surface area contributed by atoms with Gasteiger partial charge in [0.1, 0.15) is 24.2 Å². The minimum absolute atomic E-state index is 0.0214. The summed E-state index contributed by atoms with van der Waals surface area (Å²) in [6.07, 6.45) is -1.74. The van der Waals surface area contributed by atoms with Crippen LogP contribution in [0, 0.1) is 0 Å². The summed E-state index contributed by atoms with van der Waals surface area (Å²) >= 11 is 0. The van der Waals surface area contributed by atoms with Crippen LogP contribution in [-0.2, 0) is 21.0 Å². The van der Waals surface area contributed by atoms with Crippen molar-refractivity contribution in [2.45, 2.75) is 45.0 Å². The highest BCUT2D eigenvalue weighted by Crippen LogP contribution is 2.21. The third kappa shape index (κ3) is 7.97. The number of halogens is 3. The van der Waals surface area contributed by atoms with E-state index in [-0.39, 0.29) is 18.9 Å². The van der Waals surface area contributed by atoms with Crippen LogP contribution in [0.25, 0.3) is 0 Å². The van der Waals surface area contributed by atoms with Gasteiger partial charge in [-0.25, -0.2) is 0 Å². The van der Waals surface area contributed by atoms with Gasteiger partial charge in [0.2, 0.25) is 0 Å². The van der Waals surface area contributed by atoms with E-state index in [1.807, 2.05) is 13.8 Å². The molecule has 0 spiro atoms. The molecular weight excluding hydrogens is 389 g/mol. The topological polar surface area (TPSA) is 145 Å². The van der Waals surface area contributed by atoms with E-state index in [0.29, 0.717) is 17.8 Å². The fraction of sp³-hybridized carbons (Fsp3) is 0.467. The smallest absolute Gasteiger partial charge is 0.430 e. The number of amides is 1. The van der Waals surface area contributed by atoms with E-state index in [4.69, 9.17) is 19.8 Å². The maximum atomic E-state index is 12.0. The first-order valence-corrected chi connectivity index (χ1v) is 7.72. The zero-order valence-corrected chi connectivity index (χ0v) is 14.8. The summed E-state index contributed by atoms with van der Waals surface area (Å²) in [6.45, 7) is 4.02. The Hall–Kier alpha value is -3.25. The Labute approximate surface area is 156 Å². The van der Waals surface area contributed by atoms with E-state index >= 15 is 0 Å². The number of alkyl halides is 3. The Balaban J connectivity index is 0.000000480. The molecule has 0 bridgehead atoms. The molecule has 154 valence electrons. The second-order valence-corrected chi connectivity index (χ2v) is 6.13. The molecule has 0 radical (unpaired) electrons. The molecule has 2 N–H and O–H groups in total. The number of oxime groups is 1. The third-order valence-corrected chi connectivity index (χ3v) is 3.07. The highest BCUT2D eigenvalue weighted by Gasteiger charge is 2.30. The number of carbonyl (C=O) groups excluding carboxylic acids is 2. The lowest BCUT2D eigenvalue weighted by atomic mass is 10.1. The van der Waals surface area contributed by atoms with Gasteiger partial charge in [0.05, 0.1) is 12.0 Å². The van der Waals surface area contributed by atoms with E-state index < -0.39 is 23.7 Å². The SMILES string of the molecule is CC1(C)CC(NC(=O)c2cc[n+](CCC(=O)O)nc2)=NO1.O=C([O-])C(F)(F)F. The maximum absolute atomic E-state index is 12.0. The summed E-state index contributed by atoms with van der Waals surface area (Å²) in [5.41, 5.74) is -0.0359. The molecule has 10 nitrogen and oxygen atoms in total. The maximum Gasteiger partial charge on any atom is 0.430 e. The molecule has 0 atom stereocenters. The van der Waals surface area contributed by atoms with Crippen LogP contribution in [0.2, 0.25) is 0 Å². The Morgan fingerprint density at radius 1 is 1.39 bits per heavy atom. The fourth-order valence-electron chi connectivity index (χ4n) is 1.78. The van der Waals surface area contributed by atoms with Crippen LogP contribution in [0.4, 0.5) is 13.2 Å². The molecular formula is C15H17F3N4O6. The minimum atomic E-state index is -5.19. The van der Waals surface area contributed by atoms with Gasteiger partial charge in [-0.1, -0.05) is 9.84 Å². The van der Waals surface area contributed by atoms with Gasteiger partial charge < -0.3 is 25.2 Å². The molecule has 2 rings (SSSR count). The van der Waals surface area contributed by atoms with Crippen LogP contribution >= 0.6 is 0 Å². The molecule has 0 aliphatic carbocycles. The predicted molar refractivity (Wildman–Crippen MR) is 82.4 cm³/mol. The van der Waals surface area contributed by atoms with Gasteiger partial charge in [-0.15, -0.1) is 0 Å². The highest BCUT2D eigenvalue weighted by molar-refractivity contribution is 6.06. The van der Waals surface area contributed by atoms with Crippen LogP contribution in [0.3, 0.4) is 0 Å². The van der Waals surface area contributed by atoms with Gasteiger partial charge in [-0.2, -0.15) is 13.2 Å². The summed E-state index contributed by atoms with van der Waals surface area (Å²) in [7, 11) is 0. The predicted octanol–water partition coefficient (Wildman–Crippen LogP) is -0.615. The van der Waals surface area contributed by atoms with Gasteiger partial charge in [-0.3, -0.25) is 9.59 Å². The number of hydrogen-bond acceptors (Lipinski definition) is 7. The van der Waals surface area contributed by atoms with Gasteiger partial charge in [0.15, 0.2) is 18.6 Å². The van der Waals surface area contributed by atoms with E-state index in [1.165, 1.54) is 10.9 Å². The summed E-state index contributed by atoms with van der Waals surface area (Å²) in [5, 5.41) is 27.8. The first-order chi connectivity index (χ1) is 12.8. The van der Waals surface area contributed by atoms with Crippen molar-refractivity contribution in [3.05, 3.63) is 24.0 Å². The molecule has 0 aromatic carbocycles. The molecule has 1 aliphatic heterocycles. The highest BCUT2D eigenvalue weighted by atomic mass is 19.4. The standard InChI is InChI=1S/C13H16N4O4.C2HF3O2/c1-13(2)7-10(16-21-13)15-12(20)9-3-5-17(14-8-9)6-4-11(18)19;3-2(4,5)1(6)7/h3,5,8H,4,6-7H2,1-2H3,(H-,15,16,18,19,20);(H,6,7). The molecule has 28 heavy (non-hydrogen) atoms. The van der Waals surface area contributed by atoms with Gasteiger partial charge >= 0.3 is 12.1 Å². The Bertz CT molecular complexity index is 762. The van der Waals surface area contributed by atoms with E-state index in [0.717, 1.165) is 0 Å². The van der Waals surface area contributed by atoms with Gasteiger partial charge in [0, 0.05) is 6.07 Å². The molecule has 1 aromatic heterocycles. The number of rotatable bonds is 4. The van der Waals surface area contributed by atoms with Crippen LogP contribution < -0.4 is 15.1 Å². The zero-order chi connectivity index (χ0) is 21.5. The molecule has 0 unspecified atom stereocenters. The van der Waals surface area contributed by atoms with E-state index in [9.17, 15) is 22.8 Å². The number of carboxylic acids is 2. The molecule has 1 aliphatic rings. The van der Waals surface area contributed by atoms with Crippen LogP contribution in [0.1, 0.15) is 37.0 Å². The first kappa shape index (κ1) is 22.8. The number of carboxylic acid groups (broad SMARTS) is 2. The summed E-state index contributed by atoms with van der Waals surface area (Å²) in [4.78, 5) is 36.4. The second-order valence-electron chi connectivity index (χ2n) is 6.13. The van der Waals surface area contributed by atoms with Crippen molar-refractivity contribution in [2.24, 2.45) is 5.16 Å². The lowest BCUT2D eigenvalue weighted by Crippen LogP contribution is -2.39. The largest absolute Gasteiger partial charge is 0.542 e. The van der Waals surface area contributed by atoms with Crippen molar-refractivity contribution in [3.63, 3.8) is 0 Å². The minimum Gasteiger partial charge on any atom is -0.542 e. The van der Waals surface area contributed by atoms with Crippen LogP contribution in [-0.4, -0.2) is 45.7 Å². The number of nitrogens with zero attached hydrogens (tertiary/aromatic N) is 3. The number of aliphatic carboxylic acids is 2. The van der Waals surface area contributed by atoms with Gasteiger partial charge in [-0.05, 0) is 18.9 Å². The molecule has 1 amide bonds. The number of aromatic nitrogens is 2. The Morgan fingerprint density at radius 2 is 2.00 bits per heavy atom. The Kier molecular flexibility index (Phi) is 7.41. The first-order valence-electron chi connectivity index (χ1n) is 7.72. The van der Waals surface area contributed by atoms with E-state index in [2.05, 4.69) is 15.6 Å². The normalized spacial score (nSPS) is 14.8. The molecule has 0 fully saturated rings. The zero-order valence-electron chi connectivity index (χ0n) is 14.8. The summed E-state index contributed by atoms with van der Waals surface area (Å²) in [6, 6.07) is 1.58. The van der Waals surface area contributed by atoms with Crippen LogP contribution in [0.15, 0.2) is 23.6 Å². The van der Waals surface area contributed by atoms with E-state index in [1.54, 1.807) is 12.3 Å². The molecule has 2 heterocycles. The number of nitrogens with one attached hydrogen (secondary N) is 1. The number of aryl methyl sites for hydroxylation is 1. The van der Waals surface area contributed by atoms with Crippen molar-refractivity contribution >= 4 is 23.7 Å². The summed E-state index contributed by atoms with van der Waals surface area (Å²) < 4.78 is 33.0. The number of carbonyl (C=O) groups is 3. The van der Waals surface area contributed by atoms with Crippen molar-refractivity contribution in [2.75, 3.05) is 0 Å². The third-order valence-electron chi connectivity index (χ3n) is 3.07. The average Bonchev–Trinajstić information content (AvgIpc) is 2.91. The van der Waals surface area contributed by atoms with Gasteiger partial charge in [0.25, 0.3) is 5.91 Å². The summed E-state index contributed by atoms with van der Waals surface area (Å²) in [5.74, 6) is -3.75. The van der Waals surface area contributed by atoms with Crippen molar-refractivity contribution in [1.82, 2.24) is 10.4 Å². The van der Waals surface area contributed by atoms with Crippen molar-refractivity contribution in [1.29, 1.82) is 0 Å². The molecule has 13 heteroatoms. The fourth-order valence-corrected chi connectivity index (χ4v) is 1.78. The molecule has 0 saturated carbocycles. The lowest BCUT2D eigenvalue weighted by molar-refractivity contribution is -0.753. The Morgan fingerprint density at radius 3 is 2.39 bits per heavy atom. The lowest BCUT2D eigenvalue weighted by Gasteiger charge is -2.13.